The van der Waals surface area contributed by atoms with Crippen LogP contribution in [-0.2, 0) is 20.9 Å². The quantitative estimate of drug-likeness (QED) is 0.673. The molecule has 3 amide bonds. The molecule has 1 N–H and O–H groups in total. The molecular weight excluding hydrogens is 436 g/mol. The van der Waals surface area contributed by atoms with Crippen LogP contribution in [0.3, 0.4) is 0 Å². The second-order valence-corrected chi connectivity index (χ2v) is 8.54. The minimum absolute atomic E-state index is 0.0837. The van der Waals surface area contributed by atoms with Crippen LogP contribution >= 0.6 is 15.9 Å². The molecule has 2 heterocycles. The van der Waals surface area contributed by atoms with Gasteiger partial charge in [-0.2, -0.15) is 5.10 Å². The van der Waals surface area contributed by atoms with Crippen LogP contribution in [0.25, 0.3) is 0 Å². The maximum Gasteiger partial charge on any atom is 0.233 e. The van der Waals surface area contributed by atoms with Gasteiger partial charge in [-0.1, -0.05) is 40.9 Å². The number of nitrogens with one attached hydrogen (secondary N) is 1. The predicted molar refractivity (Wildman–Crippen MR) is 111 cm³/mol. The van der Waals surface area contributed by atoms with E-state index in [-0.39, 0.29) is 42.5 Å². The van der Waals surface area contributed by atoms with Gasteiger partial charge < -0.3 is 5.32 Å². The molecule has 2 aliphatic rings. The summed E-state index contributed by atoms with van der Waals surface area (Å²) in [5.41, 5.74) is 1.06. The molecular formula is C21H23BrN4O3. The highest BCUT2D eigenvalue weighted by molar-refractivity contribution is 9.10. The second-order valence-electron chi connectivity index (χ2n) is 7.62. The van der Waals surface area contributed by atoms with E-state index in [1.807, 2.05) is 24.3 Å². The maximum absolute atomic E-state index is 12.5. The van der Waals surface area contributed by atoms with Gasteiger partial charge in [0.25, 0.3) is 0 Å². The number of nitrogens with zero attached hydrogens (tertiary/aromatic N) is 3. The van der Waals surface area contributed by atoms with E-state index in [9.17, 15) is 14.4 Å². The predicted octanol–water partition coefficient (Wildman–Crippen LogP) is 3.20. The van der Waals surface area contributed by atoms with E-state index >= 15 is 0 Å². The minimum atomic E-state index is -0.238. The van der Waals surface area contributed by atoms with Gasteiger partial charge in [0.15, 0.2) is 0 Å². The number of carbonyl (C=O) groups excluding carboxylic acids is 3. The first-order valence-electron chi connectivity index (χ1n) is 9.94. The SMILES string of the molecule is O=C(CCN1C(=O)C2CCCCC2C1=O)Nc1ccnn1Cc1ccc(Br)cc1. The molecule has 2 fully saturated rings. The fraction of sp³-hybridized carbons (Fsp3) is 0.429. The number of rotatable bonds is 6. The van der Waals surface area contributed by atoms with Crippen LogP contribution in [0.1, 0.15) is 37.7 Å². The third kappa shape index (κ3) is 4.27. The lowest BCUT2D eigenvalue weighted by Gasteiger charge is -2.19. The van der Waals surface area contributed by atoms with E-state index < -0.39 is 0 Å². The Kier molecular flexibility index (Phi) is 5.80. The van der Waals surface area contributed by atoms with Crippen LogP contribution in [0.2, 0.25) is 0 Å². The average Bonchev–Trinajstić information content (AvgIpc) is 3.25. The number of anilines is 1. The maximum atomic E-state index is 12.5. The zero-order valence-corrected chi connectivity index (χ0v) is 17.6. The van der Waals surface area contributed by atoms with Crippen LogP contribution < -0.4 is 5.32 Å². The lowest BCUT2D eigenvalue weighted by atomic mass is 9.81. The fourth-order valence-corrected chi connectivity index (χ4v) is 4.46. The molecule has 0 radical (unpaired) electrons. The minimum Gasteiger partial charge on any atom is -0.311 e. The molecule has 8 heteroatoms. The van der Waals surface area contributed by atoms with Crippen molar-refractivity contribution in [1.29, 1.82) is 0 Å². The zero-order valence-electron chi connectivity index (χ0n) is 16.0. The first-order valence-corrected chi connectivity index (χ1v) is 10.7. The molecule has 29 heavy (non-hydrogen) atoms. The summed E-state index contributed by atoms with van der Waals surface area (Å²) >= 11 is 3.41. The Balaban J connectivity index is 1.34. The summed E-state index contributed by atoms with van der Waals surface area (Å²) in [4.78, 5) is 38.8. The Morgan fingerprint density at radius 1 is 1.07 bits per heavy atom. The van der Waals surface area contributed by atoms with Crippen molar-refractivity contribution in [1.82, 2.24) is 14.7 Å². The van der Waals surface area contributed by atoms with E-state index in [0.29, 0.717) is 12.4 Å². The number of amides is 3. The van der Waals surface area contributed by atoms with E-state index in [4.69, 9.17) is 0 Å². The smallest absolute Gasteiger partial charge is 0.233 e. The van der Waals surface area contributed by atoms with Crippen molar-refractivity contribution in [3.8, 4) is 0 Å². The van der Waals surface area contributed by atoms with Gasteiger partial charge in [0.2, 0.25) is 17.7 Å². The third-order valence-corrected chi connectivity index (χ3v) is 6.25. The third-order valence-electron chi connectivity index (χ3n) is 5.72. The summed E-state index contributed by atoms with van der Waals surface area (Å²) in [6.45, 7) is 0.666. The van der Waals surface area contributed by atoms with Gasteiger partial charge in [-0.15, -0.1) is 0 Å². The van der Waals surface area contributed by atoms with E-state index in [0.717, 1.165) is 35.7 Å². The molecule has 1 aliphatic carbocycles. The highest BCUT2D eigenvalue weighted by atomic mass is 79.9. The van der Waals surface area contributed by atoms with Crippen LogP contribution in [0, 0.1) is 11.8 Å². The number of aromatic nitrogens is 2. The highest BCUT2D eigenvalue weighted by Crippen LogP contribution is 2.37. The monoisotopic (exact) mass is 458 g/mol. The summed E-state index contributed by atoms with van der Waals surface area (Å²) in [5.74, 6) is -0.206. The van der Waals surface area contributed by atoms with Crippen molar-refractivity contribution in [2.75, 3.05) is 11.9 Å². The summed E-state index contributed by atoms with van der Waals surface area (Å²) in [7, 11) is 0. The molecule has 2 aromatic rings. The Bertz CT molecular complexity index is 900. The summed E-state index contributed by atoms with van der Waals surface area (Å²) in [6.07, 6.45) is 5.28. The average molecular weight is 459 g/mol. The molecule has 0 bridgehead atoms. The molecule has 152 valence electrons. The molecule has 1 aromatic carbocycles. The topological polar surface area (TPSA) is 84.3 Å². The van der Waals surface area contributed by atoms with Gasteiger partial charge in [-0.3, -0.25) is 19.3 Å². The molecule has 2 unspecified atom stereocenters. The lowest BCUT2D eigenvalue weighted by Crippen LogP contribution is -2.34. The van der Waals surface area contributed by atoms with Gasteiger partial charge in [0.05, 0.1) is 24.6 Å². The van der Waals surface area contributed by atoms with Gasteiger partial charge >= 0.3 is 0 Å². The molecule has 4 rings (SSSR count). The van der Waals surface area contributed by atoms with Gasteiger partial charge in [0.1, 0.15) is 5.82 Å². The molecule has 1 aliphatic heterocycles. The standard InChI is InChI=1S/C21H23BrN4O3/c22-15-7-5-14(6-8-15)13-26-18(9-11-23-26)24-19(27)10-12-25-20(28)16-3-1-2-4-17(16)21(25)29/h5-9,11,16-17H,1-4,10,12-13H2,(H,24,27). The number of imide groups is 1. The number of halogens is 1. The van der Waals surface area contributed by atoms with E-state index in [1.54, 1.807) is 16.9 Å². The van der Waals surface area contributed by atoms with Crippen LogP contribution in [0.15, 0.2) is 41.0 Å². The fourth-order valence-electron chi connectivity index (χ4n) is 4.20. The summed E-state index contributed by atoms with van der Waals surface area (Å²) < 4.78 is 2.71. The Labute approximate surface area is 177 Å². The Morgan fingerprint density at radius 3 is 2.38 bits per heavy atom. The molecule has 2 atom stereocenters. The van der Waals surface area contributed by atoms with Crippen LogP contribution in [0.5, 0.6) is 0 Å². The van der Waals surface area contributed by atoms with Crippen LogP contribution in [0.4, 0.5) is 5.82 Å². The van der Waals surface area contributed by atoms with Crippen molar-refractivity contribution in [3.63, 3.8) is 0 Å². The summed E-state index contributed by atoms with van der Waals surface area (Å²) in [5, 5.41) is 7.11. The van der Waals surface area contributed by atoms with E-state index in [1.165, 1.54) is 4.90 Å². The van der Waals surface area contributed by atoms with Gasteiger partial charge in [0, 0.05) is 23.5 Å². The largest absolute Gasteiger partial charge is 0.311 e. The first kappa shape index (κ1) is 19.8. The molecule has 1 saturated carbocycles. The number of hydrogen-bond donors (Lipinski definition) is 1. The number of benzene rings is 1. The Morgan fingerprint density at radius 2 is 1.72 bits per heavy atom. The van der Waals surface area contributed by atoms with Crippen molar-refractivity contribution in [3.05, 3.63) is 46.6 Å². The molecule has 0 spiro atoms. The van der Waals surface area contributed by atoms with Gasteiger partial charge in [-0.05, 0) is 30.5 Å². The highest BCUT2D eigenvalue weighted by Gasteiger charge is 2.47. The van der Waals surface area contributed by atoms with Crippen molar-refractivity contribution in [2.24, 2.45) is 11.8 Å². The zero-order chi connectivity index (χ0) is 20.4. The molecule has 1 aromatic heterocycles. The van der Waals surface area contributed by atoms with Crippen molar-refractivity contribution >= 4 is 39.5 Å². The number of fused-ring (bicyclic) bond motifs is 1. The number of likely N-dealkylation sites (tertiary alicyclic amines) is 1. The number of hydrogen-bond acceptors (Lipinski definition) is 4. The molecule has 7 nitrogen and oxygen atoms in total. The van der Waals surface area contributed by atoms with Gasteiger partial charge in [-0.25, -0.2) is 4.68 Å². The van der Waals surface area contributed by atoms with Crippen molar-refractivity contribution < 1.29 is 14.4 Å². The number of carbonyl (C=O) groups is 3. The lowest BCUT2D eigenvalue weighted by molar-refractivity contribution is -0.140. The molecule has 1 saturated heterocycles. The first-order chi connectivity index (χ1) is 14.0. The second kappa shape index (κ2) is 8.49. The van der Waals surface area contributed by atoms with Crippen LogP contribution in [-0.4, -0.2) is 38.9 Å². The Hall–Kier alpha value is -2.48. The van der Waals surface area contributed by atoms with Crippen molar-refractivity contribution in [2.45, 2.75) is 38.6 Å². The normalized spacial score (nSPS) is 21.3. The summed E-state index contributed by atoms with van der Waals surface area (Å²) in [6, 6.07) is 9.62. The van der Waals surface area contributed by atoms with E-state index in [2.05, 4.69) is 26.3 Å².